The minimum atomic E-state index is -4.37. The van der Waals surface area contributed by atoms with E-state index in [2.05, 4.69) is 10.2 Å². The maximum Gasteiger partial charge on any atom is 0.416 e. The Morgan fingerprint density at radius 3 is 2.33 bits per heavy atom. The summed E-state index contributed by atoms with van der Waals surface area (Å²) in [6.07, 6.45) is -0.211. The second kappa shape index (κ2) is 8.26. The molecule has 1 aliphatic carbocycles. The lowest BCUT2D eigenvalue weighted by Gasteiger charge is -2.40. The Kier molecular flexibility index (Phi) is 6.82. The average molecular weight is 383 g/mol. The Morgan fingerprint density at radius 2 is 1.75 bits per heavy atom. The highest BCUT2D eigenvalue weighted by molar-refractivity contribution is 6.31. The summed E-state index contributed by atoms with van der Waals surface area (Å²) >= 11 is 6.29. The average Bonchev–Trinajstić information content (AvgIpc) is 3.03. The van der Waals surface area contributed by atoms with E-state index in [1.54, 1.807) is 6.07 Å². The standard InChI is InChI=1S/C17H22ClF3N2.ClH/c18-14-7-3-6-13(17(19,20)21)15(14)16(12-4-1-2-5-12)23-10-8-22-9-11-23;/h3,6-7,12,16,22H,1-2,4-5,8-11H2;1H/t16-;/m0./s1. The minimum Gasteiger partial charge on any atom is -0.314 e. The van der Waals surface area contributed by atoms with Gasteiger partial charge in [-0.2, -0.15) is 13.2 Å². The van der Waals surface area contributed by atoms with Gasteiger partial charge in [0, 0.05) is 42.8 Å². The van der Waals surface area contributed by atoms with Crippen molar-refractivity contribution in [1.82, 2.24) is 10.2 Å². The molecule has 1 atom stereocenters. The molecule has 1 aliphatic heterocycles. The largest absolute Gasteiger partial charge is 0.416 e. The number of nitrogens with one attached hydrogen (secondary N) is 1. The third kappa shape index (κ3) is 4.18. The van der Waals surface area contributed by atoms with Gasteiger partial charge in [-0.25, -0.2) is 0 Å². The zero-order valence-electron chi connectivity index (χ0n) is 13.4. The molecule has 0 radical (unpaired) electrons. The predicted octanol–water partition coefficient (Wildman–Crippen LogP) is 4.92. The van der Waals surface area contributed by atoms with Crippen LogP contribution in [-0.2, 0) is 6.18 Å². The van der Waals surface area contributed by atoms with Crippen LogP contribution in [0.4, 0.5) is 13.2 Å². The van der Waals surface area contributed by atoms with Crippen LogP contribution in [0.1, 0.15) is 42.9 Å². The Morgan fingerprint density at radius 1 is 1.12 bits per heavy atom. The highest BCUT2D eigenvalue weighted by Crippen LogP contribution is 2.46. The highest BCUT2D eigenvalue weighted by atomic mass is 35.5. The van der Waals surface area contributed by atoms with Gasteiger partial charge >= 0.3 is 6.18 Å². The van der Waals surface area contributed by atoms with Crippen LogP contribution in [-0.4, -0.2) is 31.1 Å². The topological polar surface area (TPSA) is 15.3 Å². The third-order valence-electron chi connectivity index (χ3n) is 5.05. The summed E-state index contributed by atoms with van der Waals surface area (Å²) in [7, 11) is 0. The molecule has 0 unspecified atom stereocenters. The second-order valence-electron chi connectivity index (χ2n) is 6.47. The first kappa shape index (κ1) is 19.8. The SMILES string of the molecule is Cl.FC(F)(F)c1cccc(Cl)c1[C@H](C1CCCC1)N1CCNCC1. The second-order valence-corrected chi connectivity index (χ2v) is 6.88. The van der Waals surface area contributed by atoms with Crippen molar-refractivity contribution in [3.63, 3.8) is 0 Å². The van der Waals surface area contributed by atoms with Crippen molar-refractivity contribution >= 4 is 24.0 Å². The van der Waals surface area contributed by atoms with Crippen LogP contribution in [0.2, 0.25) is 5.02 Å². The molecular formula is C17H23Cl2F3N2. The van der Waals surface area contributed by atoms with E-state index in [1.807, 2.05) is 0 Å². The van der Waals surface area contributed by atoms with Gasteiger partial charge in [-0.15, -0.1) is 12.4 Å². The monoisotopic (exact) mass is 382 g/mol. The summed E-state index contributed by atoms with van der Waals surface area (Å²) in [5, 5.41) is 3.52. The number of hydrogen-bond donors (Lipinski definition) is 1. The zero-order chi connectivity index (χ0) is 16.4. The first-order chi connectivity index (χ1) is 11.0. The van der Waals surface area contributed by atoms with E-state index in [0.717, 1.165) is 51.9 Å². The van der Waals surface area contributed by atoms with Gasteiger partial charge in [0.25, 0.3) is 0 Å². The van der Waals surface area contributed by atoms with Crippen LogP contribution in [0.25, 0.3) is 0 Å². The van der Waals surface area contributed by atoms with E-state index in [9.17, 15) is 13.2 Å². The number of halogens is 5. The molecule has 0 aromatic heterocycles. The van der Waals surface area contributed by atoms with Gasteiger partial charge < -0.3 is 5.32 Å². The Bertz CT molecular complexity index is 539. The summed E-state index contributed by atoms with van der Waals surface area (Å²) in [6.45, 7) is 3.16. The van der Waals surface area contributed by atoms with Crippen molar-refractivity contribution in [3.8, 4) is 0 Å². The predicted molar refractivity (Wildman–Crippen MR) is 92.8 cm³/mol. The van der Waals surface area contributed by atoms with E-state index in [-0.39, 0.29) is 35.0 Å². The van der Waals surface area contributed by atoms with Crippen LogP contribution in [0.5, 0.6) is 0 Å². The van der Waals surface area contributed by atoms with E-state index >= 15 is 0 Å². The van der Waals surface area contributed by atoms with Crippen LogP contribution < -0.4 is 5.32 Å². The van der Waals surface area contributed by atoms with Crippen molar-refractivity contribution in [3.05, 3.63) is 34.3 Å². The molecular weight excluding hydrogens is 360 g/mol. The number of nitrogens with zero attached hydrogens (tertiary/aromatic N) is 1. The fourth-order valence-electron chi connectivity index (χ4n) is 4.03. The molecule has 1 saturated carbocycles. The molecule has 2 aliphatic rings. The molecule has 0 bridgehead atoms. The molecule has 0 amide bonds. The van der Waals surface area contributed by atoms with Crippen molar-refractivity contribution in [1.29, 1.82) is 0 Å². The number of piperazine rings is 1. The molecule has 2 nitrogen and oxygen atoms in total. The number of alkyl halides is 3. The molecule has 1 N–H and O–H groups in total. The van der Waals surface area contributed by atoms with E-state index in [1.165, 1.54) is 12.1 Å². The minimum absolute atomic E-state index is 0. The Labute approximate surface area is 152 Å². The van der Waals surface area contributed by atoms with Crippen molar-refractivity contribution in [2.45, 2.75) is 37.9 Å². The first-order valence-electron chi connectivity index (χ1n) is 8.29. The van der Waals surface area contributed by atoms with Crippen molar-refractivity contribution < 1.29 is 13.2 Å². The lowest BCUT2D eigenvalue weighted by atomic mass is 9.86. The lowest BCUT2D eigenvalue weighted by molar-refractivity contribution is -0.139. The van der Waals surface area contributed by atoms with Gasteiger partial charge in [0.1, 0.15) is 0 Å². The van der Waals surface area contributed by atoms with Crippen molar-refractivity contribution in [2.24, 2.45) is 5.92 Å². The Hall–Kier alpha value is -0.490. The van der Waals surface area contributed by atoms with Crippen molar-refractivity contribution in [2.75, 3.05) is 26.2 Å². The number of rotatable bonds is 3. The smallest absolute Gasteiger partial charge is 0.314 e. The fraction of sp³-hybridized carbons (Fsp3) is 0.647. The molecule has 1 aromatic carbocycles. The van der Waals surface area contributed by atoms with Gasteiger partial charge in [0.05, 0.1) is 5.56 Å². The molecule has 0 spiro atoms. The first-order valence-corrected chi connectivity index (χ1v) is 8.66. The van der Waals surface area contributed by atoms with E-state index in [0.29, 0.717) is 0 Å². The fourth-order valence-corrected chi connectivity index (χ4v) is 4.32. The summed E-state index contributed by atoms with van der Waals surface area (Å²) in [4.78, 5) is 2.20. The van der Waals surface area contributed by atoms with E-state index < -0.39 is 11.7 Å². The molecule has 7 heteroatoms. The quantitative estimate of drug-likeness (QED) is 0.797. The molecule has 1 saturated heterocycles. The maximum atomic E-state index is 13.6. The molecule has 3 rings (SSSR count). The van der Waals surface area contributed by atoms with Gasteiger partial charge in [-0.3, -0.25) is 4.90 Å². The molecule has 1 heterocycles. The molecule has 24 heavy (non-hydrogen) atoms. The summed E-state index contributed by atoms with van der Waals surface area (Å²) in [5.41, 5.74) is -0.282. The van der Waals surface area contributed by atoms with Crippen LogP contribution >= 0.6 is 24.0 Å². The maximum absolute atomic E-state index is 13.6. The highest BCUT2D eigenvalue weighted by Gasteiger charge is 2.41. The Balaban J connectivity index is 0.00000208. The third-order valence-corrected chi connectivity index (χ3v) is 5.38. The van der Waals surface area contributed by atoms with Gasteiger partial charge in [-0.05, 0) is 30.9 Å². The van der Waals surface area contributed by atoms with Crippen LogP contribution in [0, 0.1) is 5.92 Å². The molecule has 1 aromatic rings. The molecule has 2 fully saturated rings. The number of benzene rings is 1. The van der Waals surface area contributed by atoms with Gasteiger partial charge in [0.2, 0.25) is 0 Å². The lowest BCUT2D eigenvalue weighted by Crippen LogP contribution is -2.47. The molecule has 136 valence electrons. The van der Waals surface area contributed by atoms with Crippen LogP contribution in [0.15, 0.2) is 18.2 Å². The van der Waals surface area contributed by atoms with E-state index in [4.69, 9.17) is 11.6 Å². The van der Waals surface area contributed by atoms with Gasteiger partial charge in [-0.1, -0.05) is 30.5 Å². The summed E-state index contributed by atoms with van der Waals surface area (Å²) in [6, 6.07) is 3.93. The zero-order valence-corrected chi connectivity index (χ0v) is 15.0. The summed E-state index contributed by atoms with van der Waals surface area (Å²) < 4.78 is 40.7. The summed E-state index contributed by atoms with van der Waals surface area (Å²) in [5.74, 6) is 0.258. The number of hydrogen-bond acceptors (Lipinski definition) is 2. The van der Waals surface area contributed by atoms with Gasteiger partial charge in [0.15, 0.2) is 0 Å². The normalized spacial score (nSPS) is 21.5. The van der Waals surface area contributed by atoms with Crippen LogP contribution in [0.3, 0.4) is 0 Å².